The van der Waals surface area contributed by atoms with Gasteiger partial charge < -0.3 is 20.7 Å². The number of nitrogens with zero attached hydrogens (tertiary/aromatic N) is 3. The lowest BCUT2D eigenvalue weighted by Gasteiger charge is -2.29. The molecule has 1 aliphatic rings. The minimum atomic E-state index is 0.686. The summed E-state index contributed by atoms with van der Waals surface area (Å²) in [6, 6.07) is 11.6. The normalized spacial score (nSPS) is 14.6. The van der Waals surface area contributed by atoms with Crippen molar-refractivity contribution < 1.29 is 9.53 Å². The number of nitrogens with two attached hydrogens (primary N) is 1. The van der Waals surface area contributed by atoms with Crippen molar-refractivity contribution in [3.05, 3.63) is 42.6 Å². The summed E-state index contributed by atoms with van der Waals surface area (Å²) >= 11 is 0. The maximum atomic E-state index is 11.1. The van der Waals surface area contributed by atoms with Crippen molar-refractivity contribution in [3.8, 4) is 5.69 Å². The van der Waals surface area contributed by atoms with E-state index in [1.807, 2.05) is 41.1 Å². The molecule has 2 heterocycles. The van der Waals surface area contributed by atoms with Crippen LogP contribution in [0.25, 0.3) is 16.6 Å². The largest absolute Gasteiger partial charge is 0.399 e. The Morgan fingerprint density at radius 3 is 2.80 bits per heavy atom. The molecule has 1 aliphatic heterocycles. The van der Waals surface area contributed by atoms with Gasteiger partial charge in [0, 0.05) is 29.9 Å². The Balaban J connectivity index is 1.78. The van der Waals surface area contributed by atoms with Crippen LogP contribution in [0.15, 0.2) is 42.6 Å². The fraction of sp³-hybridized carbons (Fsp3) is 0.222. The Morgan fingerprint density at radius 1 is 1.16 bits per heavy atom. The number of aromatic nitrogens is 2. The van der Waals surface area contributed by atoms with E-state index in [9.17, 15) is 4.79 Å². The maximum absolute atomic E-state index is 11.1. The summed E-state index contributed by atoms with van der Waals surface area (Å²) in [6.45, 7) is 3.10. The number of carbonyl (C=O) groups is 1. The molecule has 1 saturated heterocycles. The highest BCUT2D eigenvalue weighted by Crippen LogP contribution is 2.29. The molecule has 0 bridgehead atoms. The molecule has 25 heavy (non-hydrogen) atoms. The van der Waals surface area contributed by atoms with Crippen LogP contribution in [0.2, 0.25) is 0 Å². The molecule has 0 aliphatic carbocycles. The molecular weight excluding hydrogens is 318 g/mol. The van der Waals surface area contributed by atoms with E-state index in [1.54, 1.807) is 6.20 Å². The SMILES string of the molecule is Nc1ccc2c(cnn2-c2ccc(N3CCOCC3)cc2NC=O)c1. The third kappa shape index (κ3) is 2.89. The first-order chi connectivity index (χ1) is 12.3. The van der Waals surface area contributed by atoms with Gasteiger partial charge in [0.1, 0.15) is 0 Å². The van der Waals surface area contributed by atoms with E-state index in [0.717, 1.165) is 35.4 Å². The molecule has 1 aromatic heterocycles. The number of hydrogen-bond acceptors (Lipinski definition) is 5. The smallest absolute Gasteiger partial charge is 0.211 e. The molecule has 0 saturated carbocycles. The van der Waals surface area contributed by atoms with Crippen molar-refractivity contribution in [1.82, 2.24) is 9.78 Å². The highest BCUT2D eigenvalue weighted by atomic mass is 16.5. The average Bonchev–Trinajstić information content (AvgIpc) is 3.05. The second-order valence-corrected chi connectivity index (χ2v) is 5.94. The second kappa shape index (κ2) is 6.45. The predicted octanol–water partition coefficient (Wildman–Crippen LogP) is 2.01. The van der Waals surface area contributed by atoms with E-state index < -0.39 is 0 Å². The van der Waals surface area contributed by atoms with Gasteiger partial charge in [-0.15, -0.1) is 0 Å². The minimum Gasteiger partial charge on any atom is -0.399 e. The van der Waals surface area contributed by atoms with E-state index in [0.29, 0.717) is 31.0 Å². The number of rotatable bonds is 4. The third-order valence-corrected chi connectivity index (χ3v) is 4.39. The van der Waals surface area contributed by atoms with Gasteiger partial charge in [-0.05, 0) is 36.4 Å². The number of ether oxygens (including phenoxy) is 1. The highest BCUT2D eigenvalue weighted by molar-refractivity contribution is 5.86. The first kappa shape index (κ1) is 15.5. The zero-order valence-corrected chi connectivity index (χ0v) is 13.7. The molecule has 3 aromatic rings. The molecular formula is C18H19N5O2. The lowest BCUT2D eigenvalue weighted by atomic mass is 10.2. The van der Waals surface area contributed by atoms with Crippen LogP contribution in [0.4, 0.5) is 17.1 Å². The van der Waals surface area contributed by atoms with Crippen molar-refractivity contribution in [2.45, 2.75) is 0 Å². The maximum Gasteiger partial charge on any atom is 0.211 e. The van der Waals surface area contributed by atoms with Gasteiger partial charge in [-0.3, -0.25) is 4.79 Å². The third-order valence-electron chi connectivity index (χ3n) is 4.39. The molecule has 3 N–H and O–H groups in total. The summed E-state index contributed by atoms with van der Waals surface area (Å²) in [7, 11) is 0. The lowest BCUT2D eigenvalue weighted by molar-refractivity contribution is -0.105. The van der Waals surface area contributed by atoms with E-state index in [-0.39, 0.29) is 0 Å². The summed E-state index contributed by atoms with van der Waals surface area (Å²) in [6.07, 6.45) is 2.46. The van der Waals surface area contributed by atoms with Crippen molar-refractivity contribution in [2.75, 3.05) is 42.3 Å². The summed E-state index contributed by atoms with van der Waals surface area (Å²) in [5.41, 5.74) is 10.0. The number of nitrogen functional groups attached to an aromatic ring is 1. The first-order valence-electron chi connectivity index (χ1n) is 8.17. The van der Waals surface area contributed by atoms with Crippen LogP contribution in [0.3, 0.4) is 0 Å². The molecule has 2 aromatic carbocycles. The number of amides is 1. The topological polar surface area (TPSA) is 85.4 Å². The average molecular weight is 337 g/mol. The van der Waals surface area contributed by atoms with Crippen LogP contribution >= 0.6 is 0 Å². The quantitative estimate of drug-likeness (QED) is 0.562. The van der Waals surface area contributed by atoms with Crippen LogP contribution in [-0.2, 0) is 9.53 Å². The Hall–Kier alpha value is -3.06. The molecule has 7 heteroatoms. The Bertz CT molecular complexity index is 915. The molecule has 1 amide bonds. The fourth-order valence-corrected chi connectivity index (χ4v) is 3.15. The van der Waals surface area contributed by atoms with E-state index in [2.05, 4.69) is 15.3 Å². The molecule has 0 unspecified atom stereocenters. The standard InChI is InChI=1S/C18H19N5O2/c19-14-1-3-17-13(9-14)11-21-23(17)18-4-2-15(10-16(18)20-12-24)22-5-7-25-8-6-22/h1-4,9-12H,5-8,19H2,(H,20,24). The van der Waals surface area contributed by atoms with Gasteiger partial charge in [-0.25, -0.2) is 4.68 Å². The number of anilines is 3. The fourth-order valence-electron chi connectivity index (χ4n) is 3.15. The summed E-state index contributed by atoms with van der Waals surface area (Å²) in [5.74, 6) is 0. The zero-order chi connectivity index (χ0) is 17.2. The molecule has 0 atom stereocenters. The summed E-state index contributed by atoms with van der Waals surface area (Å²) in [4.78, 5) is 13.3. The van der Waals surface area contributed by atoms with Crippen molar-refractivity contribution in [2.24, 2.45) is 0 Å². The number of hydrogen-bond donors (Lipinski definition) is 2. The van der Waals surface area contributed by atoms with Crippen LogP contribution in [-0.4, -0.2) is 42.5 Å². The van der Waals surface area contributed by atoms with Crippen LogP contribution in [0.5, 0.6) is 0 Å². The number of nitrogens with one attached hydrogen (secondary N) is 1. The van der Waals surface area contributed by atoms with Gasteiger partial charge in [0.15, 0.2) is 0 Å². The number of fused-ring (bicyclic) bond motifs is 1. The number of benzene rings is 2. The number of carbonyl (C=O) groups excluding carboxylic acids is 1. The van der Waals surface area contributed by atoms with Gasteiger partial charge in [-0.1, -0.05) is 0 Å². The molecule has 0 radical (unpaired) electrons. The zero-order valence-electron chi connectivity index (χ0n) is 13.7. The van der Waals surface area contributed by atoms with Crippen LogP contribution in [0, 0.1) is 0 Å². The van der Waals surface area contributed by atoms with E-state index in [1.165, 1.54) is 0 Å². The Morgan fingerprint density at radius 2 is 2.00 bits per heavy atom. The lowest BCUT2D eigenvalue weighted by Crippen LogP contribution is -2.36. The Kier molecular flexibility index (Phi) is 3.99. The van der Waals surface area contributed by atoms with E-state index in [4.69, 9.17) is 10.5 Å². The van der Waals surface area contributed by atoms with Crippen molar-refractivity contribution >= 4 is 34.4 Å². The van der Waals surface area contributed by atoms with Crippen LogP contribution < -0.4 is 16.0 Å². The Labute approximate surface area is 145 Å². The van der Waals surface area contributed by atoms with Crippen LogP contribution in [0.1, 0.15) is 0 Å². The second-order valence-electron chi connectivity index (χ2n) is 5.94. The molecule has 4 rings (SSSR count). The number of morpholine rings is 1. The first-order valence-corrected chi connectivity index (χ1v) is 8.17. The summed E-state index contributed by atoms with van der Waals surface area (Å²) in [5, 5.41) is 8.21. The van der Waals surface area contributed by atoms with Gasteiger partial charge >= 0.3 is 0 Å². The van der Waals surface area contributed by atoms with Gasteiger partial charge in [0.2, 0.25) is 6.41 Å². The molecule has 7 nitrogen and oxygen atoms in total. The predicted molar refractivity (Wildman–Crippen MR) is 98.2 cm³/mol. The molecule has 0 spiro atoms. The highest BCUT2D eigenvalue weighted by Gasteiger charge is 2.15. The molecule has 1 fully saturated rings. The van der Waals surface area contributed by atoms with Gasteiger partial charge in [-0.2, -0.15) is 5.10 Å². The van der Waals surface area contributed by atoms with Gasteiger partial charge in [0.25, 0.3) is 0 Å². The monoisotopic (exact) mass is 337 g/mol. The minimum absolute atomic E-state index is 0.686. The van der Waals surface area contributed by atoms with E-state index >= 15 is 0 Å². The van der Waals surface area contributed by atoms with Crippen molar-refractivity contribution in [3.63, 3.8) is 0 Å². The molecule has 128 valence electrons. The van der Waals surface area contributed by atoms with Gasteiger partial charge in [0.05, 0.1) is 36.3 Å². The van der Waals surface area contributed by atoms with Crippen molar-refractivity contribution in [1.29, 1.82) is 0 Å². The summed E-state index contributed by atoms with van der Waals surface area (Å²) < 4.78 is 7.21.